The number of hydrogen-bond donors (Lipinski definition) is 2. The van der Waals surface area contributed by atoms with Gasteiger partial charge in [0.15, 0.2) is 11.5 Å². The van der Waals surface area contributed by atoms with Crippen LogP contribution >= 0.6 is 0 Å². The van der Waals surface area contributed by atoms with Crippen LogP contribution in [0.15, 0.2) is 41.2 Å². The fourth-order valence-corrected chi connectivity index (χ4v) is 3.02. The molecule has 0 spiro atoms. The smallest absolute Gasteiger partial charge is 0.251 e. The number of amides is 1. The summed E-state index contributed by atoms with van der Waals surface area (Å²) in [7, 11) is 4.56. The highest BCUT2D eigenvalue weighted by molar-refractivity contribution is 5.93. The Morgan fingerprint density at radius 2 is 1.68 bits per heavy atom. The Bertz CT molecular complexity index is 1060. The second-order valence-electron chi connectivity index (χ2n) is 6.34. The Hall–Kier alpha value is -3.48. The predicted molar refractivity (Wildman–Crippen MR) is 108 cm³/mol. The van der Waals surface area contributed by atoms with Crippen molar-refractivity contribution in [3.05, 3.63) is 57.9 Å². The standard InChI is InChI=1S/C21H22N2O5/c1-12-7-14-8-13(5-6-16(14)23-21(12)25)9-19(24)22-15-10-17(26-2)20(28-4)18(11-15)27-3/h5-8,10-11H,9H2,1-4H3,(H,22,24)(H,23,25). The zero-order valence-corrected chi connectivity index (χ0v) is 16.2. The minimum absolute atomic E-state index is 0.111. The van der Waals surface area contributed by atoms with Gasteiger partial charge in [-0.2, -0.15) is 0 Å². The van der Waals surface area contributed by atoms with E-state index in [1.807, 2.05) is 18.2 Å². The summed E-state index contributed by atoms with van der Waals surface area (Å²) in [6.07, 6.45) is 0.185. The number of aromatic amines is 1. The number of methoxy groups -OCH3 is 3. The molecule has 0 aliphatic rings. The lowest BCUT2D eigenvalue weighted by atomic mass is 10.1. The van der Waals surface area contributed by atoms with E-state index in [-0.39, 0.29) is 17.9 Å². The molecule has 3 rings (SSSR count). The summed E-state index contributed by atoms with van der Waals surface area (Å²) in [5.41, 5.74) is 2.64. The lowest BCUT2D eigenvalue weighted by Gasteiger charge is -2.14. The van der Waals surface area contributed by atoms with Crippen LogP contribution in [0, 0.1) is 6.92 Å². The number of rotatable bonds is 6. The third kappa shape index (κ3) is 3.93. The number of carbonyl (C=O) groups excluding carboxylic acids is 1. The minimum Gasteiger partial charge on any atom is -0.493 e. The van der Waals surface area contributed by atoms with Crippen LogP contribution in [0.2, 0.25) is 0 Å². The number of fused-ring (bicyclic) bond motifs is 1. The number of ether oxygens (including phenoxy) is 3. The number of H-pyrrole nitrogens is 1. The molecule has 1 aromatic heterocycles. The van der Waals surface area contributed by atoms with Crippen molar-refractivity contribution in [3.8, 4) is 17.2 Å². The van der Waals surface area contributed by atoms with Crippen LogP contribution in [0.5, 0.6) is 17.2 Å². The molecule has 146 valence electrons. The van der Waals surface area contributed by atoms with Crippen molar-refractivity contribution in [1.29, 1.82) is 0 Å². The van der Waals surface area contributed by atoms with Crippen molar-refractivity contribution in [3.63, 3.8) is 0 Å². The zero-order valence-electron chi connectivity index (χ0n) is 16.2. The zero-order chi connectivity index (χ0) is 20.3. The molecule has 0 radical (unpaired) electrons. The Labute approximate surface area is 162 Å². The second-order valence-corrected chi connectivity index (χ2v) is 6.34. The van der Waals surface area contributed by atoms with Gasteiger partial charge in [0.2, 0.25) is 11.7 Å². The third-order valence-corrected chi connectivity index (χ3v) is 4.41. The Morgan fingerprint density at radius 3 is 2.29 bits per heavy atom. The summed E-state index contributed by atoms with van der Waals surface area (Å²) in [5.74, 6) is 1.20. The van der Waals surface area contributed by atoms with Crippen molar-refractivity contribution < 1.29 is 19.0 Å². The second kappa shape index (κ2) is 8.04. The average molecular weight is 382 g/mol. The molecule has 0 aliphatic heterocycles. The molecule has 1 amide bonds. The number of aromatic nitrogens is 1. The largest absolute Gasteiger partial charge is 0.493 e. The number of pyridine rings is 1. The van der Waals surface area contributed by atoms with Crippen molar-refractivity contribution >= 4 is 22.5 Å². The Kier molecular flexibility index (Phi) is 5.54. The first-order valence-corrected chi connectivity index (χ1v) is 8.67. The van der Waals surface area contributed by atoms with E-state index in [2.05, 4.69) is 10.3 Å². The molecule has 0 saturated heterocycles. The van der Waals surface area contributed by atoms with Crippen LogP contribution in [0.4, 0.5) is 5.69 Å². The van der Waals surface area contributed by atoms with Crippen LogP contribution in [-0.4, -0.2) is 32.2 Å². The number of hydrogen-bond acceptors (Lipinski definition) is 5. The van der Waals surface area contributed by atoms with Crippen molar-refractivity contribution in [1.82, 2.24) is 4.98 Å². The van der Waals surface area contributed by atoms with Gasteiger partial charge in [-0.3, -0.25) is 9.59 Å². The lowest BCUT2D eigenvalue weighted by Crippen LogP contribution is -2.15. The lowest BCUT2D eigenvalue weighted by molar-refractivity contribution is -0.115. The van der Waals surface area contributed by atoms with Crippen LogP contribution in [0.3, 0.4) is 0 Å². The number of anilines is 1. The highest BCUT2D eigenvalue weighted by Gasteiger charge is 2.15. The Morgan fingerprint density at radius 1 is 1.00 bits per heavy atom. The summed E-state index contributed by atoms with van der Waals surface area (Å²) >= 11 is 0. The van der Waals surface area contributed by atoms with E-state index in [1.165, 1.54) is 21.3 Å². The average Bonchev–Trinajstić information content (AvgIpc) is 2.68. The molecule has 3 aromatic rings. The highest BCUT2D eigenvalue weighted by Crippen LogP contribution is 2.39. The molecule has 0 fully saturated rings. The molecule has 2 N–H and O–H groups in total. The van der Waals surface area contributed by atoms with Crippen molar-refractivity contribution in [2.45, 2.75) is 13.3 Å². The monoisotopic (exact) mass is 382 g/mol. The van der Waals surface area contributed by atoms with Crippen LogP contribution < -0.4 is 25.1 Å². The quantitative estimate of drug-likeness (QED) is 0.684. The molecule has 1 heterocycles. The maximum absolute atomic E-state index is 12.5. The summed E-state index contributed by atoms with van der Waals surface area (Å²) in [4.78, 5) is 27.0. The fraction of sp³-hybridized carbons (Fsp3) is 0.238. The van der Waals surface area contributed by atoms with Crippen LogP contribution in [-0.2, 0) is 11.2 Å². The molecule has 0 aliphatic carbocycles. The first-order chi connectivity index (χ1) is 13.4. The summed E-state index contributed by atoms with van der Waals surface area (Å²) in [6.45, 7) is 1.75. The molecule has 2 aromatic carbocycles. The normalized spacial score (nSPS) is 10.6. The summed E-state index contributed by atoms with van der Waals surface area (Å²) < 4.78 is 15.9. The number of benzene rings is 2. The maximum atomic E-state index is 12.5. The van der Waals surface area contributed by atoms with Gasteiger partial charge in [-0.15, -0.1) is 0 Å². The molecule has 7 heteroatoms. The maximum Gasteiger partial charge on any atom is 0.251 e. The van der Waals surface area contributed by atoms with Crippen molar-refractivity contribution in [2.75, 3.05) is 26.6 Å². The van der Waals surface area contributed by atoms with Crippen LogP contribution in [0.25, 0.3) is 10.9 Å². The minimum atomic E-state index is -0.185. The van der Waals surface area contributed by atoms with Gasteiger partial charge < -0.3 is 24.5 Å². The SMILES string of the molecule is COc1cc(NC(=O)Cc2ccc3[nH]c(=O)c(C)cc3c2)cc(OC)c1OC. The van der Waals surface area contributed by atoms with Gasteiger partial charge in [-0.1, -0.05) is 6.07 Å². The van der Waals surface area contributed by atoms with E-state index in [0.29, 0.717) is 28.5 Å². The van der Waals surface area contributed by atoms with E-state index in [0.717, 1.165) is 16.5 Å². The van der Waals surface area contributed by atoms with Gasteiger partial charge in [0.05, 0.1) is 27.8 Å². The van der Waals surface area contributed by atoms with Crippen molar-refractivity contribution in [2.24, 2.45) is 0 Å². The van der Waals surface area contributed by atoms with Gasteiger partial charge >= 0.3 is 0 Å². The number of nitrogens with one attached hydrogen (secondary N) is 2. The molecular formula is C21H22N2O5. The van der Waals surface area contributed by atoms with Gasteiger partial charge in [-0.25, -0.2) is 0 Å². The number of aryl methyl sites for hydroxylation is 1. The first kappa shape index (κ1) is 19.3. The summed E-state index contributed by atoms with van der Waals surface area (Å²) in [5, 5.41) is 3.73. The first-order valence-electron chi connectivity index (χ1n) is 8.67. The Balaban J connectivity index is 1.81. The molecule has 0 unspecified atom stereocenters. The van der Waals surface area contributed by atoms with E-state index < -0.39 is 0 Å². The molecule has 7 nitrogen and oxygen atoms in total. The molecule has 0 saturated carbocycles. The van der Waals surface area contributed by atoms with Crippen LogP contribution in [0.1, 0.15) is 11.1 Å². The van der Waals surface area contributed by atoms with Gasteiger partial charge in [0.1, 0.15) is 0 Å². The molecule has 28 heavy (non-hydrogen) atoms. The van der Waals surface area contributed by atoms with E-state index in [1.54, 1.807) is 25.1 Å². The van der Waals surface area contributed by atoms with Gasteiger partial charge in [0, 0.05) is 28.9 Å². The molecular weight excluding hydrogens is 360 g/mol. The fourth-order valence-electron chi connectivity index (χ4n) is 3.02. The van der Waals surface area contributed by atoms with Gasteiger partial charge in [-0.05, 0) is 36.1 Å². The summed E-state index contributed by atoms with van der Waals surface area (Å²) in [6, 6.07) is 10.7. The van der Waals surface area contributed by atoms with Gasteiger partial charge in [0.25, 0.3) is 5.56 Å². The van der Waals surface area contributed by atoms with E-state index in [9.17, 15) is 9.59 Å². The number of carbonyl (C=O) groups is 1. The third-order valence-electron chi connectivity index (χ3n) is 4.41. The van der Waals surface area contributed by atoms with E-state index >= 15 is 0 Å². The predicted octanol–water partition coefficient (Wildman–Crippen LogP) is 3.04. The van der Waals surface area contributed by atoms with E-state index in [4.69, 9.17) is 14.2 Å². The molecule has 0 bridgehead atoms. The molecule has 0 atom stereocenters. The topological polar surface area (TPSA) is 89.7 Å². The highest BCUT2D eigenvalue weighted by atomic mass is 16.5.